The molecule has 2 N–H and O–H groups in total. The Labute approximate surface area is 111 Å². The fourth-order valence-electron chi connectivity index (χ4n) is 1.21. The molecule has 1 aromatic heterocycles. The van der Waals surface area contributed by atoms with Gasteiger partial charge in [0.25, 0.3) is 0 Å². The van der Waals surface area contributed by atoms with Gasteiger partial charge in [0.05, 0.1) is 11.0 Å². The van der Waals surface area contributed by atoms with Crippen molar-refractivity contribution in [3.05, 3.63) is 54.3 Å². The molecule has 17 heavy (non-hydrogen) atoms. The van der Waals surface area contributed by atoms with Crippen LogP contribution in [0.3, 0.4) is 0 Å². The molecule has 0 aliphatic carbocycles. The predicted octanol–water partition coefficient (Wildman–Crippen LogP) is 4.32. The van der Waals surface area contributed by atoms with Crippen molar-refractivity contribution in [1.82, 2.24) is 9.97 Å². The number of nitrogens with one attached hydrogen (secondary N) is 2. The number of imidazole rings is 1. The van der Waals surface area contributed by atoms with Crippen LogP contribution < -0.4 is 0 Å². The SMILES string of the molecule is C=CCSCC=C.S=c1[nH]c2ccccc2[nH]1. The Bertz CT molecular complexity index is 481. The molecule has 4 heteroatoms. The highest BCUT2D eigenvalue weighted by Gasteiger charge is 1.90. The number of para-hydroxylation sites is 2. The van der Waals surface area contributed by atoms with Gasteiger partial charge in [0.2, 0.25) is 0 Å². The number of fused-ring (bicyclic) bond motifs is 1. The van der Waals surface area contributed by atoms with Crippen LogP contribution in [0.1, 0.15) is 0 Å². The summed E-state index contributed by atoms with van der Waals surface area (Å²) in [5.74, 6) is 2.07. The molecule has 2 nitrogen and oxygen atoms in total. The molecular formula is C13H16N2S2. The van der Waals surface area contributed by atoms with Crippen molar-refractivity contribution in [3.8, 4) is 0 Å². The van der Waals surface area contributed by atoms with Gasteiger partial charge in [0.15, 0.2) is 4.77 Å². The summed E-state index contributed by atoms with van der Waals surface area (Å²) in [5.41, 5.74) is 2.13. The van der Waals surface area contributed by atoms with Gasteiger partial charge in [-0.3, -0.25) is 0 Å². The van der Waals surface area contributed by atoms with Crippen molar-refractivity contribution < 1.29 is 0 Å². The van der Waals surface area contributed by atoms with Gasteiger partial charge in [-0.15, -0.1) is 13.2 Å². The maximum atomic E-state index is 4.90. The zero-order chi connectivity index (χ0) is 12.5. The van der Waals surface area contributed by atoms with E-state index in [-0.39, 0.29) is 0 Å². The minimum Gasteiger partial charge on any atom is -0.331 e. The van der Waals surface area contributed by atoms with Crippen LogP contribution in [0.15, 0.2) is 49.6 Å². The van der Waals surface area contributed by atoms with E-state index in [9.17, 15) is 0 Å². The molecule has 1 aromatic carbocycles. The molecule has 2 aromatic rings. The minimum absolute atomic E-state index is 0.682. The lowest BCUT2D eigenvalue weighted by atomic mass is 10.3. The van der Waals surface area contributed by atoms with Crippen LogP contribution in [-0.4, -0.2) is 21.5 Å². The highest BCUT2D eigenvalue weighted by Crippen LogP contribution is 2.06. The number of aromatic nitrogens is 2. The van der Waals surface area contributed by atoms with Crippen LogP contribution in [0.4, 0.5) is 0 Å². The summed E-state index contributed by atoms with van der Waals surface area (Å²) < 4.78 is 0.682. The molecule has 0 unspecified atom stereocenters. The summed E-state index contributed by atoms with van der Waals surface area (Å²) >= 11 is 6.72. The third kappa shape index (κ3) is 5.06. The molecule has 0 aliphatic heterocycles. The summed E-state index contributed by atoms with van der Waals surface area (Å²) in [7, 11) is 0. The average Bonchev–Trinajstić information content (AvgIpc) is 2.70. The van der Waals surface area contributed by atoms with E-state index < -0.39 is 0 Å². The number of thioether (sulfide) groups is 1. The van der Waals surface area contributed by atoms with Crippen molar-refractivity contribution in [3.63, 3.8) is 0 Å². The van der Waals surface area contributed by atoms with Gasteiger partial charge in [-0.05, 0) is 24.4 Å². The molecule has 2 rings (SSSR count). The first kappa shape index (κ1) is 13.8. The topological polar surface area (TPSA) is 31.6 Å². The molecule has 0 atom stereocenters. The fourth-order valence-corrected chi connectivity index (χ4v) is 1.90. The van der Waals surface area contributed by atoms with E-state index in [0.717, 1.165) is 22.5 Å². The molecule has 0 fully saturated rings. The van der Waals surface area contributed by atoms with Crippen LogP contribution in [0.2, 0.25) is 0 Å². The second-order valence-electron chi connectivity index (χ2n) is 3.24. The number of hydrogen-bond acceptors (Lipinski definition) is 2. The Morgan fingerprint density at radius 3 is 1.94 bits per heavy atom. The highest BCUT2D eigenvalue weighted by atomic mass is 32.2. The van der Waals surface area contributed by atoms with E-state index >= 15 is 0 Å². The van der Waals surface area contributed by atoms with Gasteiger partial charge in [-0.25, -0.2) is 0 Å². The first-order valence-corrected chi connectivity index (χ1v) is 6.80. The third-order valence-corrected chi connectivity index (χ3v) is 3.04. The lowest BCUT2D eigenvalue weighted by Gasteiger charge is -1.85. The Balaban J connectivity index is 0.000000185. The Kier molecular flexibility index (Phi) is 6.43. The zero-order valence-corrected chi connectivity index (χ0v) is 11.2. The quantitative estimate of drug-likeness (QED) is 0.489. The monoisotopic (exact) mass is 264 g/mol. The number of H-pyrrole nitrogens is 2. The molecule has 90 valence electrons. The van der Waals surface area contributed by atoms with Gasteiger partial charge in [-0.2, -0.15) is 11.8 Å². The van der Waals surface area contributed by atoms with E-state index in [0.29, 0.717) is 4.77 Å². The van der Waals surface area contributed by atoms with Crippen LogP contribution >= 0.6 is 24.0 Å². The molecule has 0 aliphatic rings. The molecule has 0 radical (unpaired) electrons. The maximum absolute atomic E-state index is 4.90. The van der Waals surface area contributed by atoms with E-state index in [4.69, 9.17) is 12.2 Å². The largest absolute Gasteiger partial charge is 0.331 e. The maximum Gasteiger partial charge on any atom is 0.175 e. The smallest absolute Gasteiger partial charge is 0.175 e. The molecular weight excluding hydrogens is 248 g/mol. The van der Waals surface area contributed by atoms with Gasteiger partial charge in [-0.1, -0.05) is 24.3 Å². The average molecular weight is 264 g/mol. The molecule has 0 bridgehead atoms. The number of hydrogen-bond donors (Lipinski definition) is 2. The third-order valence-electron chi connectivity index (χ3n) is 1.89. The molecule has 0 saturated carbocycles. The van der Waals surface area contributed by atoms with Gasteiger partial charge < -0.3 is 9.97 Å². The first-order chi connectivity index (χ1) is 8.27. The van der Waals surface area contributed by atoms with Crippen molar-refractivity contribution >= 4 is 35.0 Å². The summed E-state index contributed by atoms with van der Waals surface area (Å²) in [5, 5.41) is 0. The van der Waals surface area contributed by atoms with E-state index in [1.165, 1.54) is 0 Å². The zero-order valence-electron chi connectivity index (χ0n) is 9.61. The van der Waals surface area contributed by atoms with Crippen LogP contribution in [0.25, 0.3) is 11.0 Å². The second-order valence-corrected chi connectivity index (χ2v) is 4.72. The Hall–Kier alpha value is -1.26. The van der Waals surface area contributed by atoms with Crippen molar-refractivity contribution in [1.29, 1.82) is 0 Å². The molecule has 0 amide bonds. The number of aromatic amines is 2. The molecule has 0 spiro atoms. The normalized spacial score (nSPS) is 9.41. The summed E-state index contributed by atoms with van der Waals surface area (Å²) in [6.07, 6.45) is 3.79. The highest BCUT2D eigenvalue weighted by molar-refractivity contribution is 7.99. The van der Waals surface area contributed by atoms with Crippen LogP contribution in [0.5, 0.6) is 0 Å². The van der Waals surface area contributed by atoms with Gasteiger partial charge >= 0.3 is 0 Å². The van der Waals surface area contributed by atoms with Gasteiger partial charge in [0.1, 0.15) is 0 Å². The summed E-state index contributed by atoms with van der Waals surface area (Å²) in [6.45, 7) is 7.15. The second kappa shape index (κ2) is 7.92. The lowest BCUT2D eigenvalue weighted by Crippen LogP contribution is -1.69. The predicted molar refractivity (Wildman–Crippen MR) is 81.2 cm³/mol. The van der Waals surface area contributed by atoms with Crippen molar-refractivity contribution in [2.75, 3.05) is 11.5 Å². The van der Waals surface area contributed by atoms with Crippen LogP contribution in [-0.2, 0) is 0 Å². The van der Waals surface area contributed by atoms with Crippen LogP contribution in [0, 0.1) is 4.77 Å². The lowest BCUT2D eigenvalue weighted by molar-refractivity contribution is 1.30. The van der Waals surface area contributed by atoms with E-state index in [1.807, 2.05) is 48.2 Å². The summed E-state index contributed by atoms with van der Waals surface area (Å²) in [6, 6.07) is 7.92. The summed E-state index contributed by atoms with van der Waals surface area (Å²) in [4.78, 5) is 6.04. The molecule has 1 heterocycles. The van der Waals surface area contributed by atoms with Crippen molar-refractivity contribution in [2.24, 2.45) is 0 Å². The Morgan fingerprint density at radius 2 is 1.53 bits per heavy atom. The first-order valence-electron chi connectivity index (χ1n) is 5.24. The number of benzene rings is 1. The number of rotatable bonds is 4. The van der Waals surface area contributed by atoms with Crippen molar-refractivity contribution in [2.45, 2.75) is 0 Å². The van der Waals surface area contributed by atoms with E-state index in [2.05, 4.69) is 23.1 Å². The Morgan fingerprint density at radius 1 is 1.06 bits per heavy atom. The standard InChI is InChI=1S/C7H6N2S.C6H10S/c10-7-8-5-3-1-2-4-6(5)9-7;1-3-5-7-6-4-2/h1-4H,(H2,8,9,10);3-4H,1-2,5-6H2. The molecule has 0 saturated heterocycles. The van der Waals surface area contributed by atoms with E-state index in [1.54, 1.807) is 0 Å². The van der Waals surface area contributed by atoms with Gasteiger partial charge in [0, 0.05) is 11.5 Å². The fraction of sp³-hybridized carbons (Fsp3) is 0.154. The minimum atomic E-state index is 0.682.